The maximum atomic E-state index is 13.5. The van der Waals surface area contributed by atoms with Gasteiger partial charge in [-0.25, -0.2) is 4.39 Å². The number of nitrogens with zero attached hydrogens (tertiary/aromatic N) is 2. The van der Waals surface area contributed by atoms with Crippen molar-refractivity contribution in [3.8, 4) is 0 Å². The monoisotopic (exact) mass is 372 g/mol. The van der Waals surface area contributed by atoms with Crippen molar-refractivity contribution >= 4 is 11.8 Å². The van der Waals surface area contributed by atoms with Gasteiger partial charge in [-0.3, -0.25) is 9.59 Å². The predicted octanol–water partition coefficient (Wildman–Crippen LogP) is 4.06. The molecule has 4 nitrogen and oxygen atoms in total. The number of halogens is 1. The summed E-state index contributed by atoms with van der Waals surface area (Å²) in [6.45, 7) is 2.45. The second kappa shape index (κ2) is 7.61. The molecule has 27 heavy (non-hydrogen) atoms. The third-order valence-electron chi connectivity index (χ3n) is 6.72. The lowest BCUT2D eigenvalue weighted by molar-refractivity contribution is -0.162. The number of piperazine rings is 1. The summed E-state index contributed by atoms with van der Waals surface area (Å²) in [4.78, 5) is 30.3. The number of carbonyl (C=O) groups excluding carboxylic acids is 2. The van der Waals surface area contributed by atoms with Crippen LogP contribution >= 0.6 is 0 Å². The van der Waals surface area contributed by atoms with E-state index in [1.165, 1.54) is 12.1 Å². The molecule has 2 saturated carbocycles. The van der Waals surface area contributed by atoms with Gasteiger partial charge in [-0.2, -0.15) is 0 Å². The first-order chi connectivity index (χ1) is 13.0. The van der Waals surface area contributed by atoms with E-state index in [0.717, 1.165) is 56.9 Å². The van der Waals surface area contributed by atoms with E-state index in [9.17, 15) is 14.0 Å². The van der Waals surface area contributed by atoms with Gasteiger partial charge in [-0.1, -0.05) is 31.9 Å². The number of hydrogen-bond acceptors (Lipinski definition) is 2. The third kappa shape index (κ3) is 3.61. The van der Waals surface area contributed by atoms with E-state index in [-0.39, 0.29) is 36.3 Å². The highest BCUT2D eigenvalue weighted by molar-refractivity contribution is 5.96. The molecule has 0 bridgehead atoms. The summed E-state index contributed by atoms with van der Waals surface area (Å²) in [7, 11) is 0. The molecule has 0 radical (unpaired) electrons. The molecule has 1 aromatic carbocycles. The van der Waals surface area contributed by atoms with Crippen molar-refractivity contribution in [2.75, 3.05) is 6.54 Å². The molecule has 1 aromatic rings. The summed E-state index contributed by atoms with van der Waals surface area (Å²) >= 11 is 0. The van der Waals surface area contributed by atoms with Crippen molar-refractivity contribution < 1.29 is 14.0 Å². The smallest absolute Gasteiger partial charge is 0.250 e. The highest BCUT2D eigenvalue weighted by Gasteiger charge is 2.46. The van der Waals surface area contributed by atoms with Gasteiger partial charge in [0.05, 0.1) is 0 Å². The second-order valence-corrected chi connectivity index (χ2v) is 8.57. The van der Waals surface area contributed by atoms with Crippen LogP contribution in [0.3, 0.4) is 0 Å². The average molecular weight is 372 g/mol. The van der Waals surface area contributed by atoms with Crippen LogP contribution in [0.4, 0.5) is 4.39 Å². The average Bonchev–Trinajstić information content (AvgIpc) is 3.19. The molecule has 1 saturated heterocycles. The van der Waals surface area contributed by atoms with E-state index in [1.807, 2.05) is 9.80 Å². The zero-order valence-corrected chi connectivity index (χ0v) is 16.1. The summed E-state index contributed by atoms with van der Waals surface area (Å²) in [6, 6.07) is 5.80. The summed E-state index contributed by atoms with van der Waals surface area (Å²) < 4.78 is 13.5. The standard InChI is InChI=1S/C22H29FN2O2/c1-15-6-12-18(13-7-15)24-14-20(26)25(19-4-2-3-5-19)21(22(24)27)16-8-10-17(23)11-9-16/h8-11,15,18-19,21H,2-7,12-14H2,1H3. The Labute approximate surface area is 160 Å². The van der Waals surface area contributed by atoms with Crippen LogP contribution in [0.2, 0.25) is 0 Å². The lowest BCUT2D eigenvalue weighted by Gasteiger charge is -2.47. The molecule has 3 fully saturated rings. The zero-order chi connectivity index (χ0) is 19.0. The van der Waals surface area contributed by atoms with Gasteiger partial charge in [0, 0.05) is 12.1 Å². The van der Waals surface area contributed by atoms with Crippen molar-refractivity contribution in [2.24, 2.45) is 5.92 Å². The van der Waals surface area contributed by atoms with Gasteiger partial charge in [0.15, 0.2) is 0 Å². The fourth-order valence-electron chi connectivity index (χ4n) is 5.13. The topological polar surface area (TPSA) is 40.6 Å². The van der Waals surface area contributed by atoms with Gasteiger partial charge >= 0.3 is 0 Å². The fourth-order valence-corrected chi connectivity index (χ4v) is 5.13. The summed E-state index contributed by atoms with van der Waals surface area (Å²) in [6.07, 6.45) is 8.27. The quantitative estimate of drug-likeness (QED) is 0.803. The van der Waals surface area contributed by atoms with E-state index < -0.39 is 6.04 Å². The van der Waals surface area contributed by atoms with Gasteiger partial charge in [0.2, 0.25) is 5.91 Å². The molecule has 2 amide bonds. The van der Waals surface area contributed by atoms with Crippen molar-refractivity contribution in [3.63, 3.8) is 0 Å². The Hall–Kier alpha value is -1.91. The van der Waals surface area contributed by atoms with Crippen molar-refractivity contribution in [3.05, 3.63) is 35.6 Å². The summed E-state index contributed by atoms with van der Waals surface area (Å²) in [5.41, 5.74) is 0.732. The lowest BCUT2D eigenvalue weighted by Crippen LogP contribution is -2.60. The number of hydrogen-bond donors (Lipinski definition) is 0. The Bertz CT molecular complexity index is 691. The molecule has 1 aliphatic heterocycles. The molecule has 3 aliphatic rings. The minimum atomic E-state index is -0.603. The normalized spacial score (nSPS) is 30.2. The van der Waals surface area contributed by atoms with E-state index in [0.29, 0.717) is 5.92 Å². The van der Waals surface area contributed by atoms with Gasteiger partial charge in [0.1, 0.15) is 18.4 Å². The van der Waals surface area contributed by atoms with Crippen LogP contribution in [-0.4, -0.2) is 40.2 Å². The molecule has 146 valence electrons. The fraction of sp³-hybridized carbons (Fsp3) is 0.636. The van der Waals surface area contributed by atoms with E-state index >= 15 is 0 Å². The Morgan fingerprint density at radius 3 is 2.15 bits per heavy atom. The van der Waals surface area contributed by atoms with Gasteiger partial charge < -0.3 is 9.80 Å². The molecule has 1 heterocycles. The molecule has 0 spiro atoms. The molecule has 1 unspecified atom stereocenters. The largest absolute Gasteiger partial charge is 0.328 e. The van der Waals surface area contributed by atoms with Crippen LogP contribution in [0.25, 0.3) is 0 Å². The molecule has 0 aromatic heterocycles. The number of amides is 2. The van der Waals surface area contributed by atoms with Crippen LogP contribution in [0.1, 0.15) is 69.9 Å². The van der Waals surface area contributed by atoms with Gasteiger partial charge in [-0.05, 0) is 62.1 Å². The Kier molecular flexibility index (Phi) is 5.20. The Balaban J connectivity index is 1.65. The van der Waals surface area contributed by atoms with Crippen LogP contribution in [0.15, 0.2) is 24.3 Å². The van der Waals surface area contributed by atoms with Crippen molar-refractivity contribution in [2.45, 2.75) is 76.4 Å². The maximum Gasteiger partial charge on any atom is 0.250 e. The van der Waals surface area contributed by atoms with E-state index in [4.69, 9.17) is 0 Å². The van der Waals surface area contributed by atoms with Crippen LogP contribution < -0.4 is 0 Å². The summed E-state index contributed by atoms with van der Waals surface area (Å²) in [5.74, 6) is 0.445. The SMILES string of the molecule is CC1CCC(N2CC(=O)N(C3CCCC3)C(c3ccc(F)cc3)C2=O)CC1. The van der Waals surface area contributed by atoms with Crippen molar-refractivity contribution in [1.29, 1.82) is 0 Å². The lowest BCUT2D eigenvalue weighted by atomic mass is 9.85. The van der Waals surface area contributed by atoms with E-state index in [1.54, 1.807) is 12.1 Å². The van der Waals surface area contributed by atoms with Crippen LogP contribution in [-0.2, 0) is 9.59 Å². The molecule has 2 aliphatic carbocycles. The molecule has 4 rings (SSSR count). The molecular weight excluding hydrogens is 343 g/mol. The highest BCUT2D eigenvalue weighted by Crippen LogP contribution is 2.37. The van der Waals surface area contributed by atoms with E-state index in [2.05, 4.69) is 6.92 Å². The number of rotatable bonds is 3. The first-order valence-electron chi connectivity index (χ1n) is 10.4. The minimum absolute atomic E-state index is 0.0210. The maximum absolute atomic E-state index is 13.5. The highest BCUT2D eigenvalue weighted by atomic mass is 19.1. The number of benzene rings is 1. The Morgan fingerprint density at radius 1 is 0.889 bits per heavy atom. The zero-order valence-electron chi connectivity index (χ0n) is 16.1. The molecule has 0 N–H and O–H groups in total. The minimum Gasteiger partial charge on any atom is -0.328 e. The van der Waals surface area contributed by atoms with Gasteiger partial charge in [0.25, 0.3) is 5.91 Å². The van der Waals surface area contributed by atoms with Gasteiger partial charge in [-0.15, -0.1) is 0 Å². The molecule has 1 atom stereocenters. The predicted molar refractivity (Wildman–Crippen MR) is 101 cm³/mol. The first-order valence-corrected chi connectivity index (χ1v) is 10.4. The van der Waals surface area contributed by atoms with Crippen LogP contribution in [0.5, 0.6) is 0 Å². The third-order valence-corrected chi connectivity index (χ3v) is 6.72. The molecule has 5 heteroatoms. The first kappa shape index (κ1) is 18.5. The number of carbonyl (C=O) groups is 2. The van der Waals surface area contributed by atoms with Crippen molar-refractivity contribution in [1.82, 2.24) is 9.80 Å². The second-order valence-electron chi connectivity index (χ2n) is 8.57. The Morgan fingerprint density at radius 2 is 1.52 bits per heavy atom. The summed E-state index contributed by atoms with van der Waals surface area (Å²) in [5, 5.41) is 0. The molecular formula is C22H29FN2O2. The van der Waals surface area contributed by atoms with Crippen LogP contribution in [0, 0.1) is 11.7 Å².